The van der Waals surface area contributed by atoms with Crippen molar-refractivity contribution in [2.75, 3.05) is 38.1 Å². The highest BCUT2D eigenvalue weighted by molar-refractivity contribution is 5.95. The van der Waals surface area contributed by atoms with Gasteiger partial charge in [-0.1, -0.05) is 30.3 Å². The summed E-state index contributed by atoms with van der Waals surface area (Å²) in [4.78, 5) is 41.1. The van der Waals surface area contributed by atoms with Crippen molar-refractivity contribution in [2.45, 2.75) is 38.5 Å². The maximum atomic E-state index is 14.9. The molecule has 42 heavy (non-hydrogen) atoms. The fraction of sp³-hybridized carbons (Fsp3) is 0.364. The summed E-state index contributed by atoms with van der Waals surface area (Å²) in [5.74, 6) is -1.22. The number of piperidine rings is 2. The minimum atomic E-state index is -0.592. The highest BCUT2D eigenvalue weighted by atomic mass is 19.1. The summed E-state index contributed by atoms with van der Waals surface area (Å²) in [5, 5.41) is 2.99. The third-order valence-corrected chi connectivity index (χ3v) is 8.20. The highest BCUT2D eigenvalue weighted by Gasteiger charge is 2.29. The van der Waals surface area contributed by atoms with Gasteiger partial charge in [-0.2, -0.15) is 0 Å². The third kappa shape index (κ3) is 6.78. The van der Waals surface area contributed by atoms with Crippen molar-refractivity contribution >= 4 is 23.6 Å². The van der Waals surface area contributed by atoms with Gasteiger partial charge in [0.25, 0.3) is 5.91 Å². The van der Waals surface area contributed by atoms with E-state index in [0.717, 1.165) is 24.1 Å². The molecule has 0 spiro atoms. The summed E-state index contributed by atoms with van der Waals surface area (Å²) in [5.41, 5.74) is 3.16. The second-order valence-corrected chi connectivity index (χ2v) is 10.8. The SMILES string of the molecule is CCOC(=O)N1CCC(C(=O)Nc2ccc(C3CCN(C(=O)c4ccc(-c5ccc(F)cc5)cc4F)CC3)cc2)CC1. The Morgan fingerprint density at radius 2 is 1.43 bits per heavy atom. The lowest BCUT2D eigenvalue weighted by atomic mass is 9.89. The molecule has 2 fully saturated rings. The molecule has 5 rings (SSSR count). The Labute approximate surface area is 244 Å². The predicted octanol–water partition coefficient (Wildman–Crippen LogP) is 6.46. The van der Waals surface area contributed by atoms with Crippen LogP contribution < -0.4 is 5.32 Å². The molecule has 1 N–H and O–H groups in total. The van der Waals surface area contributed by atoms with Crippen LogP contribution in [0.5, 0.6) is 0 Å². The van der Waals surface area contributed by atoms with Crippen LogP contribution in [-0.4, -0.2) is 60.5 Å². The first-order valence-electron chi connectivity index (χ1n) is 14.5. The summed E-state index contributed by atoms with van der Waals surface area (Å²) in [7, 11) is 0. The second kappa shape index (κ2) is 13.1. The molecule has 0 saturated carbocycles. The van der Waals surface area contributed by atoms with E-state index in [9.17, 15) is 23.2 Å². The average molecular weight is 576 g/mol. The topological polar surface area (TPSA) is 79.0 Å². The van der Waals surface area contributed by atoms with Crippen LogP contribution in [0, 0.1) is 17.6 Å². The molecule has 9 heteroatoms. The standard InChI is InChI=1S/C33H35F2N3O4/c1-2-42-33(41)38-19-15-25(16-20-38)31(39)36-28-10-5-22(6-11-28)24-13-17-37(18-14-24)32(40)29-12-7-26(21-30(29)35)23-3-8-27(34)9-4-23/h3-12,21,24-25H,2,13-20H2,1H3,(H,36,39). The molecule has 0 radical (unpaired) electrons. The van der Waals surface area contributed by atoms with Gasteiger partial charge < -0.3 is 19.9 Å². The van der Waals surface area contributed by atoms with Gasteiger partial charge in [-0.15, -0.1) is 0 Å². The maximum Gasteiger partial charge on any atom is 0.409 e. The molecule has 0 atom stereocenters. The Hall–Kier alpha value is -4.27. The number of halogens is 2. The van der Waals surface area contributed by atoms with Crippen molar-refractivity contribution in [3.05, 3.63) is 89.5 Å². The van der Waals surface area contributed by atoms with E-state index in [0.29, 0.717) is 56.8 Å². The summed E-state index contributed by atoms with van der Waals surface area (Å²) >= 11 is 0. The fourth-order valence-electron chi connectivity index (χ4n) is 5.72. The Balaban J connectivity index is 1.11. The van der Waals surface area contributed by atoms with E-state index >= 15 is 0 Å². The number of nitrogens with one attached hydrogen (secondary N) is 1. The zero-order chi connectivity index (χ0) is 29.6. The maximum absolute atomic E-state index is 14.9. The van der Waals surface area contributed by atoms with E-state index in [1.165, 1.54) is 24.3 Å². The van der Waals surface area contributed by atoms with Gasteiger partial charge in [-0.25, -0.2) is 13.6 Å². The number of nitrogens with zero attached hydrogens (tertiary/aromatic N) is 2. The number of likely N-dealkylation sites (tertiary alicyclic amines) is 2. The molecule has 2 heterocycles. The zero-order valence-corrected chi connectivity index (χ0v) is 23.7. The lowest BCUT2D eigenvalue weighted by molar-refractivity contribution is -0.121. The minimum absolute atomic E-state index is 0.0333. The van der Waals surface area contributed by atoms with E-state index in [1.807, 2.05) is 24.3 Å². The van der Waals surface area contributed by atoms with Crippen LogP contribution >= 0.6 is 0 Å². The molecule has 3 aromatic carbocycles. The van der Waals surface area contributed by atoms with Crippen molar-refractivity contribution in [3.8, 4) is 11.1 Å². The number of benzene rings is 3. The van der Waals surface area contributed by atoms with Gasteiger partial charge in [0.2, 0.25) is 5.91 Å². The molecule has 0 bridgehead atoms. The van der Waals surface area contributed by atoms with Gasteiger partial charge in [0.05, 0.1) is 12.2 Å². The Bertz CT molecular complexity index is 1410. The predicted molar refractivity (Wildman–Crippen MR) is 156 cm³/mol. The summed E-state index contributed by atoms with van der Waals surface area (Å²) in [6.45, 7) is 4.16. The molecule has 2 aliphatic rings. The van der Waals surface area contributed by atoms with Crippen LogP contribution in [0.4, 0.5) is 19.3 Å². The normalized spacial score (nSPS) is 16.3. The quantitative estimate of drug-likeness (QED) is 0.366. The number of hydrogen-bond acceptors (Lipinski definition) is 4. The average Bonchev–Trinajstić information content (AvgIpc) is 3.02. The molecular weight excluding hydrogens is 540 g/mol. The molecule has 7 nitrogen and oxygen atoms in total. The molecule has 2 aliphatic heterocycles. The van der Waals surface area contributed by atoms with Gasteiger partial charge in [-0.3, -0.25) is 9.59 Å². The van der Waals surface area contributed by atoms with Crippen LogP contribution in [0.15, 0.2) is 66.7 Å². The van der Waals surface area contributed by atoms with Crippen molar-refractivity contribution in [1.82, 2.24) is 9.80 Å². The highest BCUT2D eigenvalue weighted by Crippen LogP contribution is 2.31. The summed E-state index contributed by atoms with van der Waals surface area (Å²) in [6, 6.07) is 18.1. The van der Waals surface area contributed by atoms with Crippen LogP contribution in [-0.2, 0) is 9.53 Å². The minimum Gasteiger partial charge on any atom is -0.450 e. The number of rotatable bonds is 6. The van der Waals surface area contributed by atoms with Crippen LogP contribution in [0.25, 0.3) is 11.1 Å². The molecule has 3 amide bonds. The molecule has 0 aliphatic carbocycles. The first-order chi connectivity index (χ1) is 20.3. The molecular formula is C33H35F2N3O4. The van der Waals surface area contributed by atoms with Crippen LogP contribution in [0.2, 0.25) is 0 Å². The lowest BCUT2D eigenvalue weighted by Crippen LogP contribution is -2.41. The van der Waals surface area contributed by atoms with Gasteiger partial charge in [0, 0.05) is 37.8 Å². The smallest absolute Gasteiger partial charge is 0.409 e. The van der Waals surface area contributed by atoms with Crippen molar-refractivity contribution in [1.29, 1.82) is 0 Å². The molecule has 220 valence electrons. The van der Waals surface area contributed by atoms with E-state index in [2.05, 4.69) is 5.32 Å². The van der Waals surface area contributed by atoms with Crippen molar-refractivity contribution in [3.63, 3.8) is 0 Å². The summed E-state index contributed by atoms with van der Waals surface area (Å²) in [6.07, 6.45) is 2.38. The van der Waals surface area contributed by atoms with Crippen LogP contribution in [0.3, 0.4) is 0 Å². The van der Waals surface area contributed by atoms with E-state index in [1.54, 1.807) is 34.9 Å². The van der Waals surface area contributed by atoms with E-state index in [4.69, 9.17) is 4.74 Å². The number of hydrogen-bond donors (Lipinski definition) is 1. The molecule has 0 unspecified atom stereocenters. The first kappa shape index (κ1) is 29.2. The van der Waals surface area contributed by atoms with E-state index in [-0.39, 0.29) is 41.1 Å². The summed E-state index contributed by atoms with van der Waals surface area (Å²) < 4.78 is 33.2. The first-order valence-corrected chi connectivity index (χ1v) is 14.5. The number of carbonyl (C=O) groups excluding carboxylic acids is 3. The molecule has 0 aromatic heterocycles. The number of ether oxygens (including phenoxy) is 1. The van der Waals surface area contributed by atoms with E-state index < -0.39 is 5.82 Å². The van der Waals surface area contributed by atoms with Gasteiger partial charge >= 0.3 is 6.09 Å². The van der Waals surface area contributed by atoms with Crippen molar-refractivity contribution in [2.24, 2.45) is 5.92 Å². The monoisotopic (exact) mass is 575 g/mol. The Kier molecular flexibility index (Phi) is 9.15. The number of anilines is 1. The fourth-order valence-corrected chi connectivity index (χ4v) is 5.72. The molecule has 2 saturated heterocycles. The largest absolute Gasteiger partial charge is 0.450 e. The van der Waals surface area contributed by atoms with Gasteiger partial charge in [0.15, 0.2) is 0 Å². The van der Waals surface area contributed by atoms with Crippen molar-refractivity contribution < 1.29 is 27.9 Å². The Morgan fingerprint density at radius 3 is 2.05 bits per heavy atom. The third-order valence-electron chi connectivity index (χ3n) is 8.20. The lowest BCUT2D eigenvalue weighted by Gasteiger charge is -2.32. The second-order valence-electron chi connectivity index (χ2n) is 10.8. The zero-order valence-electron chi connectivity index (χ0n) is 23.7. The molecule has 3 aromatic rings. The van der Waals surface area contributed by atoms with Gasteiger partial charge in [-0.05, 0) is 91.6 Å². The Morgan fingerprint density at radius 1 is 0.810 bits per heavy atom. The number of carbonyl (C=O) groups is 3. The number of amides is 3. The van der Waals surface area contributed by atoms with Gasteiger partial charge in [0.1, 0.15) is 11.6 Å². The van der Waals surface area contributed by atoms with Crippen LogP contribution in [0.1, 0.15) is 54.4 Å².